The Kier molecular flexibility index (Phi) is 7.04. The van der Waals surface area contributed by atoms with Gasteiger partial charge in [-0.05, 0) is 119 Å². The Morgan fingerprint density at radius 3 is 2.50 bits per heavy atom. The molecule has 5 aliphatic rings. The zero-order valence-corrected chi connectivity index (χ0v) is 28.3. The van der Waals surface area contributed by atoms with E-state index in [4.69, 9.17) is 20.2 Å². The number of hydrogen-bond acceptors (Lipinski definition) is 9. The smallest absolute Gasteiger partial charge is 0.355 e. The van der Waals surface area contributed by atoms with Crippen LogP contribution in [0.5, 0.6) is 0 Å². The number of carboxylic acid groups (broad SMARTS) is 1. The largest absolute Gasteiger partial charge is 0.476 e. The summed E-state index contributed by atoms with van der Waals surface area (Å²) in [4.78, 5) is 24.3. The Morgan fingerprint density at radius 1 is 0.979 bits per heavy atom. The van der Waals surface area contributed by atoms with Crippen LogP contribution < -0.4 is 10.2 Å². The second-order valence-corrected chi connectivity index (χ2v) is 15.8. The second-order valence-electron chi connectivity index (χ2n) is 14.8. The molecule has 1 aliphatic heterocycles. The number of carbonyl (C=O) groups is 1. The molecule has 0 saturated heterocycles. The minimum atomic E-state index is -1.05. The molecule has 5 aromatic rings. The highest BCUT2D eigenvalue weighted by atomic mass is 32.1. The van der Waals surface area contributed by atoms with Crippen LogP contribution in [0.2, 0.25) is 0 Å². The standard InChI is InChI=1S/C37H40N8O2S/c1-21-26-7-5-6-12-44(34(26)43-42-33(21)41-36-39-29-8-3-4-9-30(29)48-36)31-11-10-27(32(40-31)35(46)47)28-19-38-45(22(28)2)20-37-16-23-13-24(17-37)15-25(14-23)18-37/h3-4,8-11,19,23-25H,5-7,12-18,20H2,1-2H3,(H,46,47)(H,39,41,42). The maximum atomic E-state index is 12.7. The van der Waals surface area contributed by atoms with Crippen molar-refractivity contribution in [1.82, 2.24) is 29.9 Å². The van der Waals surface area contributed by atoms with Gasteiger partial charge in [0, 0.05) is 41.0 Å². The number of para-hydroxylation sites is 1. The van der Waals surface area contributed by atoms with E-state index >= 15 is 0 Å². The lowest BCUT2D eigenvalue weighted by molar-refractivity contribution is -0.0638. The van der Waals surface area contributed by atoms with Crippen molar-refractivity contribution >= 4 is 50.1 Å². The third kappa shape index (κ3) is 5.05. The molecule has 1 aromatic carbocycles. The molecule has 4 aliphatic carbocycles. The van der Waals surface area contributed by atoms with Gasteiger partial charge < -0.3 is 15.3 Å². The first kappa shape index (κ1) is 29.7. The molecule has 48 heavy (non-hydrogen) atoms. The van der Waals surface area contributed by atoms with E-state index in [2.05, 4.69) is 35.0 Å². The fourth-order valence-electron chi connectivity index (χ4n) is 9.76. The number of pyridine rings is 1. The fourth-order valence-corrected chi connectivity index (χ4v) is 10.6. The van der Waals surface area contributed by atoms with Gasteiger partial charge in [-0.25, -0.2) is 14.8 Å². The van der Waals surface area contributed by atoms with Crippen molar-refractivity contribution < 1.29 is 9.90 Å². The third-order valence-corrected chi connectivity index (χ3v) is 12.5. The highest BCUT2D eigenvalue weighted by molar-refractivity contribution is 7.22. The molecule has 4 aromatic heterocycles. The fraction of sp³-hybridized carbons (Fsp3) is 0.459. The number of aromatic nitrogens is 6. The van der Waals surface area contributed by atoms with E-state index in [1.165, 1.54) is 38.5 Å². The van der Waals surface area contributed by atoms with Gasteiger partial charge in [-0.15, -0.1) is 10.2 Å². The Balaban J connectivity index is 1.02. The first-order valence-electron chi connectivity index (χ1n) is 17.4. The Morgan fingerprint density at radius 2 is 1.75 bits per heavy atom. The van der Waals surface area contributed by atoms with Gasteiger partial charge in [0.25, 0.3) is 0 Å². The van der Waals surface area contributed by atoms with Gasteiger partial charge in [0.05, 0.1) is 16.4 Å². The molecule has 11 heteroatoms. The van der Waals surface area contributed by atoms with Crippen molar-refractivity contribution in [3.8, 4) is 11.1 Å². The summed E-state index contributed by atoms with van der Waals surface area (Å²) in [5.74, 6) is 3.57. The minimum Gasteiger partial charge on any atom is -0.476 e. The number of fused-ring (bicyclic) bond motifs is 2. The van der Waals surface area contributed by atoms with E-state index in [1.807, 2.05) is 41.4 Å². The Hall–Kier alpha value is -4.38. The Bertz CT molecular complexity index is 2000. The van der Waals surface area contributed by atoms with E-state index in [9.17, 15) is 9.90 Å². The molecule has 4 bridgehead atoms. The van der Waals surface area contributed by atoms with Gasteiger partial charge in [-0.1, -0.05) is 23.5 Å². The van der Waals surface area contributed by atoms with E-state index in [0.717, 1.165) is 87.1 Å². The highest BCUT2D eigenvalue weighted by Gasteiger charge is 2.51. The highest BCUT2D eigenvalue weighted by Crippen LogP contribution is 2.60. The zero-order valence-electron chi connectivity index (χ0n) is 27.4. The SMILES string of the molecule is Cc1c(Nc2nc3ccccc3s2)nnc2c1CCCCN2c1ccc(-c2cnn(CC34CC5CC(CC(C5)C3)C4)c2C)c(C(=O)O)n1. The summed E-state index contributed by atoms with van der Waals surface area (Å²) in [6, 6.07) is 11.9. The van der Waals surface area contributed by atoms with Crippen molar-refractivity contribution in [2.24, 2.45) is 23.2 Å². The van der Waals surface area contributed by atoms with Gasteiger partial charge >= 0.3 is 5.97 Å². The molecular formula is C37H40N8O2S. The molecule has 246 valence electrons. The molecule has 0 atom stereocenters. The molecule has 10 rings (SSSR count). The number of hydrogen-bond donors (Lipinski definition) is 2. The topological polar surface area (TPSA) is 122 Å². The predicted octanol–water partition coefficient (Wildman–Crippen LogP) is 8.09. The molecule has 0 radical (unpaired) electrons. The summed E-state index contributed by atoms with van der Waals surface area (Å²) in [7, 11) is 0. The number of carboxylic acids is 1. The number of anilines is 4. The maximum Gasteiger partial charge on any atom is 0.355 e. The van der Waals surface area contributed by atoms with Gasteiger partial charge in [-0.3, -0.25) is 4.68 Å². The monoisotopic (exact) mass is 660 g/mol. The first-order chi connectivity index (χ1) is 23.3. The summed E-state index contributed by atoms with van der Waals surface area (Å²) in [6.45, 7) is 5.75. The number of rotatable bonds is 7. The van der Waals surface area contributed by atoms with Crippen molar-refractivity contribution in [3.63, 3.8) is 0 Å². The number of nitrogens with zero attached hydrogens (tertiary/aromatic N) is 7. The van der Waals surface area contributed by atoms with Crippen LogP contribution in [0.15, 0.2) is 42.6 Å². The van der Waals surface area contributed by atoms with Crippen LogP contribution in [0.3, 0.4) is 0 Å². The zero-order chi connectivity index (χ0) is 32.6. The quantitative estimate of drug-likeness (QED) is 0.178. The lowest BCUT2D eigenvalue weighted by Gasteiger charge is -2.56. The van der Waals surface area contributed by atoms with E-state index in [-0.39, 0.29) is 5.69 Å². The van der Waals surface area contributed by atoms with Gasteiger partial charge in [0.1, 0.15) is 5.82 Å². The van der Waals surface area contributed by atoms with Crippen LogP contribution in [0.1, 0.15) is 78.7 Å². The average molecular weight is 661 g/mol. The number of benzene rings is 1. The molecule has 0 spiro atoms. The molecule has 5 heterocycles. The number of thiazole rings is 1. The van der Waals surface area contributed by atoms with Gasteiger partial charge in [0.2, 0.25) is 0 Å². The molecule has 4 fully saturated rings. The molecule has 4 saturated carbocycles. The summed E-state index contributed by atoms with van der Waals surface area (Å²) >= 11 is 1.59. The van der Waals surface area contributed by atoms with Gasteiger partial charge in [-0.2, -0.15) is 5.10 Å². The van der Waals surface area contributed by atoms with E-state index in [1.54, 1.807) is 11.3 Å². The Labute approximate surface area is 283 Å². The van der Waals surface area contributed by atoms with Crippen LogP contribution in [0, 0.1) is 37.0 Å². The normalized spacial score (nSPS) is 24.5. The number of nitrogens with one attached hydrogen (secondary N) is 1. The first-order valence-corrected chi connectivity index (χ1v) is 18.2. The van der Waals surface area contributed by atoms with Crippen LogP contribution in [-0.2, 0) is 13.0 Å². The van der Waals surface area contributed by atoms with Crippen LogP contribution in [-0.4, -0.2) is 47.6 Å². The third-order valence-electron chi connectivity index (χ3n) is 11.6. The summed E-state index contributed by atoms with van der Waals surface area (Å²) in [5, 5.41) is 28.7. The second kappa shape index (κ2) is 11.4. The summed E-state index contributed by atoms with van der Waals surface area (Å²) < 4.78 is 3.26. The van der Waals surface area contributed by atoms with E-state index < -0.39 is 5.97 Å². The van der Waals surface area contributed by atoms with E-state index in [0.29, 0.717) is 29.2 Å². The predicted molar refractivity (Wildman–Crippen MR) is 187 cm³/mol. The van der Waals surface area contributed by atoms with Crippen molar-refractivity contribution in [2.45, 2.75) is 78.2 Å². The molecule has 10 nitrogen and oxygen atoms in total. The minimum absolute atomic E-state index is 0.0366. The molecule has 2 N–H and O–H groups in total. The molecular weight excluding hydrogens is 621 g/mol. The number of aromatic carboxylic acids is 1. The lowest BCUT2D eigenvalue weighted by Crippen LogP contribution is -2.48. The van der Waals surface area contributed by atoms with Gasteiger partial charge in [0.15, 0.2) is 22.5 Å². The maximum absolute atomic E-state index is 12.7. The molecule has 0 amide bonds. The van der Waals surface area contributed by atoms with Crippen molar-refractivity contribution in [2.75, 3.05) is 16.8 Å². The van der Waals surface area contributed by atoms with Crippen LogP contribution in [0.4, 0.5) is 22.6 Å². The molecule has 0 unspecified atom stereocenters. The summed E-state index contributed by atoms with van der Waals surface area (Å²) in [5.41, 5.74) is 5.89. The average Bonchev–Trinajstić information content (AvgIpc) is 3.55. The summed E-state index contributed by atoms with van der Waals surface area (Å²) in [6.07, 6.45) is 12.8. The van der Waals surface area contributed by atoms with Crippen molar-refractivity contribution in [1.29, 1.82) is 0 Å². The lowest BCUT2D eigenvalue weighted by atomic mass is 9.49. The van der Waals surface area contributed by atoms with Crippen LogP contribution in [0.25, 0.3) is 21.3 Å². The van der Waals surface area contributed by atoms with Crippen molar-refractivity contribution in [3.05, 3.63) is 65.1 Å². The van der Waals surface area contributed by atoms with Crippen LogP contribution >= 0.6 is 11.3 Å².